The van der Waals surface area contributed by atoms with E-state index >= 15 is 0 Å². The molecule has 0 saturated carbocycles. The summed E-state index contributed by atoms with van der Waals surface area (Å²) in [6, 6.07) is -0.644. The van der Waals surface area contributed by atoms with Crippen molar-refractivity contribution in [2.45, 2.75) is 16.3 Å². The van der Waals surface area contributed by atoms with Crippen LogP contribution in [-0.4, -0.2) is 35.6 Å². The summed E-state index contributed by atoms with van der Waals surface area (Å²) < 4.78 is 20.9. The molecule has 1 aliphatic heterocycles. The van der Waals surface area contributed by atoms with Crippen LogP contribution >= 0.6 is 28.3 Å². The van der Waals surface area contributed by atoms with E-state index in [9.17, 15) is 8.42 Å². The Balaban J connectivity index is 0.000001000. The predicted molar refractivity (Wildman–Crippen MR) is 47.7 cm³/mol. The van der Waals surface area contributed by atoms with Gasteiger partial charge >= 0.3 is 0 Å². The molecular formula is C4H9BrClNO3S. The van der Waals surface area contributed by atoms with Crippen LogP contribution in [0.25, 0.3) is 0 Å². The van der Waals surface area contributed by atoms with E-state index in [0.29, 0.717) is 0 Å². The molecule has 11 heavy (non-hydrogen) atoms. The maximum absolute atomic E-state index is 10.9. The molecule has 0 radical (unpaired) electrons. The van der Waals surface area contributed by atoms with Crippen LogP contribution in [0.4, 0.5) is 0 Å². The van der Waals surface area contributed by atoms with E-state index in [1.165, 1.54) is 0 Å². The molecule has 7 heteroatoms. The Morgan fingerprint density at radius 3 is 2.09 bits per heavy atom. The first kappa shape index (κ1) is 11.6. The Kier molecular flexibility index (Phi) is 3.78. The highest BCUT2D eigenvalue weighted by Crippen LogP contribution is 2.24. The van der Waals surface area contributed by atoms with Crippen molar-refractivity contribution in [1.29, 1.82) is 0 Å². The highest BCUT2D eigenvalue weighted by atomic mass is 79.9. The highest BCUT2D eigenvalue weighted by molar-refractivity contribution is 9.11. The molecule has 3 atom stereocenters. The summed E-state index contributed by atoms with van der Waals surface area (Å²) in [5, 5.41) is 9.05. The normalized spacial score (nSPS) is 41.5. The van der Waals surface area contributed by atoms with Gasteiger partial charge in [-0.3, -0.25) is 0 Å². The van der Waals surface area contributed by atoms with Gasteiger partial charge in [-0.25, -0.2) is 8.42 Å². The van der Waals surface area contributed by atoms with E-state index in [-0.39, 0.29) is 18.2 Å². The number of aliphatic hydroxyl groups excluding tert-OH is 1. The summed E-state index contributed by atoms with van der Waals surface area (Å²) in [7, 11) is -3.18. The molecule has 4 nitrogen and oxygen atoms in total. The van der Waals surface area contributed by atoms with Gasteiger partial charge in [0.25, 0.3) is 0 Å². The minimum atomic E-state index is -3.18. The van der Waals surface area contributed by atoms with Gasteiger partial charge in [-0.2, -0.15) is 0 Å². The largest absolute Gasteiger partial charge is 0.389 e. The number of aliphatic hydroxyl groups is 1. The van der Waals surface area contributed by atoms with Crippen LogP contribution in [0.5, 0.6) is 0 Å². The maximum atomic E-state index is 10.9. The molecule has 1 saturated heterocycles. The second kappa shape index (κ2) is 3.57. The van der Waals surface area contributed by atoms with Crippen LogP contribution in [0.1, 0.15) is 0 Å². The molecule has 1 aliphatic rings. The Morgan fingerprint density at radius 2 is 2.00 bits per heavy atom. The van der Waals surface area contributed by atoms with Gasteiger partial charge in [0.15, 0.2) is 9.84 Å². The van der Waals surface area contributed by atoms with Crippen molar-refractivity contribution in [3.05, 3.63) is 0 Å². The van der Waals surface area contributed by atoms with Crippen molar-refractivity contribution >= 4 is 38.2 Å². The average molecular weight is 267 g/mol. The quantitative estimate of drug-likeness (QED) is 0.565. The van der Waals surface area contributed by atoms with Crippen molar-refractivity contribution < 1.29 is 13.5 Å². The predicted octanol–water partition coefficient (Wildman–Crippen LogP) is -0.754. The molecule has 0 bridgehead atoms. The van der Waals surface area contributed by atoms with E-state index in [0.717, 1.165) is 0 Å². The number of hydrogen-bond donors (Lipinski definition) is 2. The van der Waals surface area contributed by atoms with Gasteiger partial charge in [0, 0.05) is 6.04 Å². The molecule has 3 unspecified atom stereocenters. The molecule has 0 aromatic carbocycles. The lowest BCUT2D eigenvalue weighted by molar-refractivity contribution is 0.177. The van der Waals surface area contributed by atoms with Crippen LogP contribution in [-0.2, 0) is 9.84 Å². The van der Waals surface area contributed by atoms with Crippen molar-refractivity contribution in [2.75, 3.05) is 5.75 Å². The standard InChI is InChI=1S/C4H8BrNO3S.ClH/c5-4-3(7)2(6)1-10(4,8)9;/h2-4,7H,1,6H2;1H. The van der Waals surface area contributed by atoms with Gasteiger partial charge in [0.1, 0.15) is 4.16 Å². The zero-order valence-electron chi connectivity index (χ0n) is 5.47. The fraction of sp³-hybridized carbons (Fsp3) is 1.00. The lowest BCUT2D eigenvalue weighted by Crippen LogP contribution is -2.34. The first-order chi connectivity index (χ1) is 4.45. The van der Waals surface area contributed by atoms with E-state index in [4.69, 9.17) is 10.8 Å². The number of halogens is 2. The Hall–Kier alpha value is 0.640. The highest BCUT2D eigenvalue weighted by Gasteiger charge is 2.42. The third-order valence-electron chi connectivity index (χ3n) is 1.48. The number of hydrogen-bond acceptors (Lipinski definition) is 4. The SMILES string of the molecule is Cl.NC1CS(=O)(=O)C(Br)C1O. The van der Waals surface area contributed by atoms with Gasteiger partial charge in [-0.05, 0) is 0 Å². The second-order valence-electron chi connectivity index (χ2n) is 2.34. The zero-order valence-corrected chi connectivity index (χ0v) is 8.69. The number of alkyl halides is 1. The van der Waals surface area contributed by atoms with Crippen LogP contribution < -0.4 is 5.73 Å². The first-order valence-corrected chi connectivity index (χ1v) is 5.37. The summed E-state index contributed by atoms with van der Waals surface area (Å²) in [5.41, 5.74) is 5.29. The van der Waals surface area contributed by atoms with Crippen molar-refractivity contribution in [3.8, 4) is 0 Å². The van der Waals surface area contributed by atoms with E-state index < -0.39 is 26.1 Å². The zero-order chi connectivity index (χ0) is 7.94. The molecule has 1 rings (SSSR count). The van der Waals surface area contributed by atoms with Crippen molar-refractivity contribution in [3.63, 3.8) is 0 Å². The maximum Gasteiger partial charge on any atom is 0.167 e. The topological polar surface area (TPSA) is 80.4 Å². The molecule has 0 aromatic heterocycles. The third-order valence-corrected chi connectivity index (χ3v) is 5.54. The summed E-state index contributed by atoms with van der Waals surface area (Å²) in [6.45, 7) is 0. The molecule has 0 amide bonds. The van der Waals surface area contributed by atoms with Gasteiger partial charge in [0.2, 0.25) is 0 Å². The number of sulfone groups is 1. The molecule has 68 valence electrons. The Labute approximate surface area is 79.6 Å². The Morgan fingerprint density at radius 1 is 1.55 bits per heavy atom. The Bertz CT molecular complexity index is 231. The van der Waals surface area contributed by atoms with Crippen molar-refractivity contribution in [2.24, 2.45) is 5.73 Å². The number of nitrogens with two attached hydrogens (primary N) is 1. The van der Waals surface area contributed by atoms with Crippen LogP contribution in [0, 0.1) is 0 Å². The summed E-state index contributed by atoms with van der Waals surface area (Å²) in [5.74, 6) is -0.135. The smallest absolute Gasteiger partial charge is 0.167 e. The second-order valence-corrected chi connectivity index (χ2v) is 6.09. The van der Waals surface area contributed by atoms with Gasteiger partial charge < -0.3 is 10.8 Å². The summed E-state index contributed by atoms with van der Waals surface area (Å²) in [6.07, 6.45) is -0.968. The average Bonchev–Trinajstić information content (AvgIpc) is 1.95. The summed E-state index contributed by atoms with van der Waals surface area (Å²) in [4.78, 5) is 0. The molecule has 0 aromatic rings. The molecule has 0 aliphatic carbocycles. The minimum Gasteiger partial charge on any atom is -0.389 e. The molecule has 0 spiro atoms. The lowest BCUT2D eigenvalue weighted by Gasteiger charge is -2.07. The molecule has 1 heterocycles. The fourth-order valence-corrected chi connectivity index (χ4v) is 3.26. The van der Waals surface area contributed by atoms with Gasteiger partial charge in [-0.1, -0.05) is 15.9 Å². The fourth-order valence-electron chi connectivity index (χ4n) is 0.866. The van der Waals surface area contributed by atoms with E-state index in [1.54, 1.807) is 0 Å². The lowest BCUT2D eigenvalue weighted by atomic mass is 10.2. The third kappa shape index (κ3) is 2.06. The molecular weight excluding hydrogens is 257 g/mol. The van der Waals surface area contributed by atoms with Crippen molar-refractivity contribution in [1.82, 2.24) is 0 Å². The van der Waals surface area contributed by atoms with Crippen LogP contribution in [0.2, 0.25) is 0 Å². The summed E-state index contributed by atoms with van der Waals surface area (Å²) >= 11 is 2.85. The van der Waals surface area contributed by atoms with Crippen LogP contribution in [0.3, 0.4) is 0 Å². The van der Waals surface area contributed by atoms with Gasteiger partial charge in [-0.15, -0.1) is 12.4 Å². The van der Waals surface area contributed by atoms with Crippen LogP contribution in [0.15, 0.2) is 0 Å². The first-order valence-electron chi connectivity index (χ1n) is 2.74. The van der Waals surface area contributed by atoms with Gasteiger partial charge in [0.05, 0.1) is 11.9 Å². The minimum absolute atomic E-state index is 0. The number of rotatable bonds is 0. The van der Waals surface area contributed by atoms with E-state index in [1.807, 2.05) is 0 Å². The monoisotopic (exact) mass is 265 g/mol. The molecule has 1 fully saturated rings. The van der Waals surface area contributed by atoms with E-state index in [2.05, 4.69) is 15.9 Å². The molecule has 3 N–H and O–H groups in total.